The van der Waals surface area contributed by atoms with E-state index >= 15 is 0 Å². The molecule has 1 amide bonds. The molecule has 1 aromatic rings. The Kier molecular flexibility index (Phi) is 9.31. The fourth-order valence-corrected chi connectivity index (χ4v) is 3.12. The number of alkyl halides is 1. The topological polar surface area (TPSA) is 38.3 Å². The third-order valence-electron chi connectivity index (χ3n) is 3.99. The van der Waals surface area contributed by atoms with Crippen LogP contribution < -0.4 is 10.1 Å². The van der Waals surface area contributed by atoms with Crippen LogP contribution in [0, 0.1) is 19.3 Å². The smallest absolute Gasteiger partial charge is 0.224 e. The molecule has 0 fully saturated rings. The molecule has 1 aliphatic carbocycles. The quantitative estimate of drug-likeness (QED) is 0.520. The van der Waals surface area contributed by atoms with Gasteiger partial charge >= 0.3 is 0 Å². The summed E-state index contributed by atoms with van der Waals surface area (Å²) in [6.07, 6.45) is 7.93. The van der Waals surface area contributed by atoms with Gasteiger partial charge in [0.1, 0.15) is 12.4 Å². The number of hydrogen-bond acceptors (Lipinski definition) is 2. The van der Waals surface area contributed by atoms with Gasteiger partial charge in [-0.1, -0.05) is 68.8 Å². The lowest BCUT2D eigenvalue weighted by Gasteiger charge is -2.19. The number of carbonyl (C=O) groups is 1. The Bertz CT molecular complexity index is 676. The van der Waals surface area contributed by atoms with Gasteiger partial charge in [0.15, 0.2) is 0 Å². The number of benzene rings is 1. The number of hydrogen-bond donors (Lipinski definition) is 1. The Morgan fingerprint density at radius 2 is 1.81 bits per heavy atom. The fourth-order valence-electron chi connectivity index (χ4n) is 2.78. The van der Waals surface area contributed by atoms with Crippen molar-refractivity contribution < 1.29 is 9.53 Å². The second-order valence-electron chi connectivity index (χ2n) is 7.90. The zero-order valence-electron chi connectivity index (χ0n) is 17.8. The lowest BCUT2D eigenvalue weighted by Crippen LogP contribution is -2.20. The van der Waals surface area contributed by atoms with Gasteiger partial charge in [-0.25, -0.2) is 0 Å². The molecule has 1 aliphatic rings. The maximum Gasteiger partial charge on any atom is 0.224 e. The van der Waals surface area contributed by atoms with Crippen LogP contribution in [0.15, 0.2) is 35.9 Å². The molecular formula is C23H34BrNO2. The number of anilines is 1. The zero-order valence-corrected chi connectivity index (χ0v) is 19.4. The van der Waals surface area contributed by atoms with Crippen LogP contribution in [0.4, 0.5) is 5.69 Å². The van der Waals surface area contributed by atoms with Gasteiger partial charge in [-0.3, -0.25) is 4.79 Å². The Labute approximate surface area is 173 Å². The number of nitrogens with one attached hydrogen (secondary N) is 1. The third kappa shape index (κ3) is 8.34. The minimum absolute atomic E-state index is 0.0235. The lowest BCUT2D eigenvalue weighted by atomic mass is 9.92. The Morgan fingerprint density at radius 3 is 2.30 bits per heavy atom. The van der Waals surface area contributed by atoms with E-state index in [1.54, 1.807) is 0 Å². The molecule has 150 valence electrons. The standard InChI is InChI=1S/C21H28BrNO2.C2H6/c1-14-10-18(25-13-16-6-8-17(22)9-7-16)11-15(2)20(14)23-19(24)12-21(3,4)5;1-2/h6-8,10-11,17H,9,12-13H2,1-5H3,(H,23,24);1-2H3. The number of halogens is 1. The molecule has 27 heavy (non-hydrogen) atoms. The summed E-state index contributed by atoms with van der Waals surface area (Å²) in [5, 5.41) is 3.05. The van der Waals surface area contributed by atoms with E-state index < -0.39 is 0 Å². The van der Waals surface area contributed by atoms with Gasteiger partial charge < -0.3 is 10.1 Å². The first-order valence-corrected chi connectivity index (χ1v) is 10.6. The molecule has 0 aromatic heterocycles. The highest BCUT2D eigenvalue weighted by Gasteiger charge is 2.17. The summed E-state index contributed by atoms with van der Waals surface area (Å²) in [5.41, 5.74) is 4.09. The first-order chi connectivity index (χ1) is 12.6. The van der Waals surface area contributed by atoms with Gasteiger partial charge in [-0.2, -0.15) is 0 Å². The van der Waals surface area contributed by atoms with Crippen LogP contribution in [-0.4, -0.2) is 17.3 Å². The average Bonchev–Trinajstić information content (AvgIpc) is 2.58. The van der Waals surface area contributed by atoms with Crippen LogP contribution >= 0.6 is 15.9 Å². The average molecular weight is 436 g/mol. The normalized spacial score (nSPS) is 16.1. The Balaban J connectivity index is 0.00000176. The van der Waals surface area contributed by atoms with Crippen molar-refractivity contribution in [3.8, 4) is 5.75 Å². The summed E-state index contributed by atoms with van der Waals surface area (Å²) in [7, 11) is 0. The van der Waals surface area contributed by atoms with Gasteiger partial charge in [0.25, 0.3) is 0 Å². The fraction of sp³-hybridized carbons (Fsp3) is 0.522. The summed E-state index contributed by atoms with van der Waals surface area (Å²) >= 11 is 3.57. The largest absolute Gasteiger partial charge is 0.489 e. The van der Waals surface area contributed by atoms with Crippen molar-refractivity contribution >= 4 is 27.5 Å². The Morgan fingerprint density at radius 1 is 1.22 bits per heavy atom. The number of rotatable bonds is 5. The van der Waals surface area contributed by atoms with E-state index in [1.165, 1.54) is 5.57 Å². The second-order valence-corrected chi connectivity index (χ2v) is 9.07. The van der Waals surface area contributed by atoms with E-state index in [0.717, 1.165) is 29.0 Å². The van der Waals surface area contributed by atoms with E-state index in [-0.39, 0.29) is 11.3 Å². The lowest BCUT2D eigenvalue weighted by molar-refractivity contribution is -0.117. The SMILES string of the molecule is CC.Cc1cc(OCC2=CCC(Br)C=C2)cc(C)c1NC(=O)CC(C)(C)C. The Hall–Kier alpha value is -1.55. The molecule has 0 bridgehead atoms. The predicted molar refractivity (Wildman–Crippen MR) is 120 cm³/mol. The molecule has 1 atom stereocenters. The van der Waals surface area contributed by atoms with E-state index in [0.29, 0.717) is 17.9 Å². The van der Waals surface area contributed by atoms with Crippen LogP contribution in [0.1, 0.15) is 58.6 Å². The third-order valence-corrected chi connectivity index (χ3v) is 4.67. The molecule has 0 aliphatic heterocycles. The molecule has 0 radical (unpaired) electrons. The maximum absolute atomic E-state index is 12.2. The highest BCUT2D eigenvalue weighted by molar-refractivity contribution is 9.09. The highest BCUT2D eigenvalue weighted by atomic mass is 79.9. The van der Waals surface area contributed by atoms with Crippen molar-refractivity contribution in [3.05, 3.63) is 47.1 Å². The first kappa shape index (κ1) is 23.5. The maximum atomic E-state index is 12.2. The summed E-state index contributed by atoms with van der Waals surface area (Å²) in [6.45, 7) is 14.8. The highest BCUT2D eigenvalue weighted by Crippen LogP contribution is 2.28. The second kappa shape index (κ2) is 10.7. The van der Waals surface area contributed by atoms with E-state index in [4.69, 9.17) is 4.74 Å². The number of ether oxygens (including phenoxy) is 1. The van der Waals surface area contributed by atoms with Crippen LogP contribution in [0.2, 0.25) is 0 Å². The number of allylic oxidation sites excluding steroid dienone is 2. The molecule has 0 saturated heterocycles. The zero-order chi connectivity index (χ0) is 20.6. The summed E-state index contributed by atoms with van der Waals surface area (Å²) in [5.74, 6) is 0.883. The van der Waals surface area contributed by atoms with E-state index in [2.05, 4.69) is 60.2 Å². The molecule has 1 aromatic carbocycles. The van der Waals surface area contributed by atoms with Crippen molar-refractivity contribution in [1.82, 2.24) is 0 Å². The van der Waals surface area contributed by atoms with Gasteiger partial charge in [-0.15, -0.1) is 0 Å². The van der Waals surface area contributed by atoms with Gasteiger partial charge in [-0.05, 0) is 54.5 Å². The van der Waals surface area contributed by atoms with Gasteiger partial charge in [0.05, 0.1) is 0 Å². The van der Waals surface area contributed by atoms with Crippen molar-refractivity contribution in [2.75, 3.05) is 11.9 Å². The molecule has 2 rings (SSSR count). The van der Waals surface area contributed by atoms with Crippen molar-refractivity contribution in [3.63, 3.8) is 0 Å². The first-order valence-electron chi connectivity index (χ1n) is 9.69. The van der Waals surface area contributed by atoms with Crippen LogP contribution in [0.3, 0.4) is 0 Å². The molecular weight excluding hydrogens is 402 g/mol. The van der Waals surface area contributed by atoms with Gasteiger partial charge in [0.2, 0.25) is 5.91 Å². The molecule has 0 saturated carbocycles. The number of amides is 1. The van der Waals surface area contributed by atoms with Crippen LogP contribution in [0.5, 0.6) is 5.75 Å². The van der Waals surface area contributed by atoms with E-state index in [9.17, 15) is 4.79 Å². The number of aryl methyl sites for hydroxylation is 2. The molecule has 0 spiro atoms. The van der Waals surface area contributed by atoms with Crippen molar-refractivity contribution in [2.24, 2.45) is 5.41 Å². The predicted octanol–water partition coefficient (Wildman–Crippen LogP) is 6.73. The van der Waals surface area contributed by atoms with Crippen LogP contribution in [-0.2, 0) is 4.79 Å². The van der Waals surface area contributed by atoms with E-state index in [1.807, 2.05) is 39.8 Å². The summed E-state index contributed by atoms with van der Waals surface area (Å²) in [4.78, 5) is 12.6. The van der Waals surface area contributed by atoms with Crippen molar-refractivity contribution in [2.45, 2.75) is 66.1 Å². The number of carbonyl (C=O) groups excluding carboxylic acids is 1. The summed E-state index contributed by atoms with van der Waals surface area (Å²) in [6, 6.07) is 3.97. The molecule has 0 heterocycles. The van der Waals surface area contributed by atoms with Crippen LogP contribution in [0.25, 0.3) is 0 Å². The monoisotopic (exact) mass is 435 g/mol. The minimum Gasteiger partial charge on any atom is -0.489 e. The summed E-state index contributed by atoms with van der Waals surface area (Å²) < 4.78 is 5.94. The van der Waals surface area contributed by atoms with Crippen molar-refractivity contribution in [1.29, 1.82) is 0 Å². The molecule has 1 unspecified atom stereocenters. The van der Waals surface area contributed by atoms with Gasteiger partial charge in [0, 0.05) is 16.9 Å². The molecule has 1 N–H and O–H groups in total. The molecule has 3 nitrogen and oxygen atoms in total. The minimum atomic E-state index is -0.0235. The molecule has 4 heteroatoms.